The van der Waals surface area contributed by atoms with Gasteiger partial charge in [0.15, 0.2) is 17.5 Å². The molecule has 0 radical (unpaired) electrons. The lowest BCUT2D eigenvalue weighted by Crippen LogP contribution is -2.55. The van der Waals surface area contributed by atoms with Gasteiger partial charge in [-0.15, -0.1) is 0 Å². The van der Waals surface area contributed by atoms with Crippen LogP contribution in [0.15, 0.2) is 12.1 Å². The van der Waals surface area contributed by atoms with Gasteiger partial charge in [-0.05, 0) is 46.0 Å². The number of hydrogen-bond donors (Lipinski definition) is 0. The van der Waals surface area contributed by atoms with Gasteiger partial charge in [0, 0.05) is 59.1 Å². The molecule has 1 aromatic heterocycles. The van der Waals surface area contributed by atoms with Gasteiger partial charge < -0.3 is 28.6 Å². The van der Waals surface area contributed by atoms with Gasteiger partial charge in [-0.1, -0.05) is 13.8 Å². The number of rotatable bonds is 11. The van der Waals surface area contributed by atoms with E-state index in [1.165, 1.54) is 12.0 Å². The van der Waals surface area contributed by atoms with E-state index in [2.05, 4.69) is 4.98 Å². The Morgan fingerprint density at radius 2 is 1.76 bits per heavy atom. The number of imidazole rings is 1. The molecule has 2 aromatic rings. The summed E-state index contributed by atoms with van der Waals surface area (Å²) in [4.78, 5) is 45.4. The number of benzene rings is 1. The van der Waals surface area contributed by atoms with Crippen LogP contribution in [-0.4, -0.2) is 96.9 Å². The molecular formula is C30H46F2N4O6. The number of nitrogens with zero attached hydrogens (tertiary/aromatic N) is 4. The number of carbonyl (C=O) groups excluding carboxylic acids is 3. The third-order valence-corrected chi connectivity index (χ3v) is 6.98. The number of likely N-dealkylation sites (tertiary alicyclic amines) is 1. The molecular weight excluding hydrogens is 550 g/mol. The van der Waals surface area contributed by atoms with E-state index in [1.807, 2.05) is 34.6 Å². The molecule has 1 aliphatic heterocycles. The van der Waals surface area contributed by atoms with Crippen LogP contribution < -0.4 is 0 Å². The normalized spacial score (nSPS) is 17.2. The summed E-state index contributed by atoms with van der Waals surface area (Å²) >= 11 is 0. The average molecular weight is 597 g/mol. The van der Waals surface area contributed by atoms with Gasteiger partial charge >= 0.3 is 5.97 Å². The van der Waals surface area contributed by atoms with Gasteiger partial charge in [-0.2, -0.15) is 0 Å². The first kappa shape index (κ1) is 35.1. The Hall–Kier alpha value is -3.12. The molecule has 42 heavy (non-hydrogen) atoms. The molecule has 3 rings (SSSR count). The number of esters is 1. The van der Waals surface area contributed by atoms with E-state index < -0.39 is 35.5 Å². The largest absolute Gasteiger partial charge is 0.469 e. The molecule has 1 saturated heterocycles. The molecule has 1 fully saturated rings. The van der Waals surface area contributed by atoms with Gasteiger partial charge in [0.1, 0.15) is 0 Å². The number of ether oxygens (including phenoxy) is 3. The molecule has 236 valence electrons. The number of halogens is 2. The fraction of sp³-hybridized carbons (Fsp3) is 0.667. The molecule has 0 N–H and O–H groups in total. The van der Waals surface area contributed by atoms with Crippen LogP contribution in [0.3, 0.4) is 0 Å². The molecule has 0 aliphatic carbocycles. The standard InChI is InChI=1S/C25H34F2N4O5.C5H12O/c1-16(2)12-31(18-9-17(25(34)36-4)13-29(14-18)15-32)24(33)23-28-21-10-19(26)20(27)11-22(21)30(23)7-5-6-8-35-3;1-5(2,3)6-4/h10-11,15-18H,5-9,12-14H2,1-4H3;1-4H3. The quantitative estimate of drug-likeness (QED) is 0.217. The SMILES string of the molecule is COC(C)(C)C.COCCCCn1c(C(=O)N(CC(C)C)C2CC(C(=O)OC)CN(C=O)C2)nc2cc(F)c(F)cc21. The second kappa shape index (κ2) is 15.9. The predicted octanol–water partition coefficient (Wildman–Crippen LogP) is 4.29. The number of amides is 2. The fourth-order valence-corrected chi connectivity index (χ4v) is 4.70. The Labute approximate surface area is 247 Å². The Balaban J connectivity index is 0.000000928. The van der Waals surface area contributed by atoms with Gasteiger partial charge in [0.05, 0.1) is 35.7 Å². The maximum atomic E-state index is 14.1. The highest BCUT2D eigenvalue weighted by molar-refractivity contribution is 5.95. The third kappa shape index (κ3) is 9.72. The van der Waals surface area contributed by atoms with Crippen LogP contribution in [0.5, 0.6) is 0 Å². The zero-order valence-electron chi connectivity index (χ0n) is 26.1. The summed E-state index contributed by atoms with van der Waals surface area (Å²) in [7, 11) is 4.59. The lowest BCUT2D eigenvalue weighted by atomic mass is 9.92. The van der Waals surface area contributed by atoms with Crippen LogP contribution in [-0.2, 0) is 30.3 Å². The number of piperidine rings is 1. The summed E-state index contributed by atoms with van der Waals surface area (Å²) in [6, 6.07) is 1.58. The van der Waals surface area contributed by atoms with Crippen LogP contribution in [0.25, 0.3) is 11.0 Å². The van der Waals surface area contributed by atoms with Gasteiger partial charge in [0.25, 0.3) is 5.91 Å². The van der Waals surface area contributed by atoms with E-state index in [-0.39, 0.29) is 35.9 Å². The first-order valence-electron chi connectivity index (χ1n) is 14.2. The van der Waals surface area contributed by atoms with E-state index in [9.17, 15) is 23.2 Å². The van der Waals surface area contributed by atoms with Crippen molar-refractivity contribution in [1.29, 1.82) is 0 Å². The molecule has 2 unspecified atom stereocenters. The summed E-state index contributed by atoms with van der Waals surface area (Å²) in [6.45, 7) is 11.7. The lowest BCUT2D eigenvalue weighted by Gasteiger charge is -2.41. The molecule has 1 aliphatic rings. The van der Waals surface area contributed by atoms with E-state index >= 15 is 0 Å². The maximum absolute atomic E-state index is 14.1. The maximum Gasteiger partial charge on any atom is 0.310 e. The number of fused-ring (bicyclic) bond motifs is 1. The second-order valence-electron chi connectivity index (χ2n) is 11.9. The number of unbranched alkanes of at least 4 members (excludes halogenated alkanes) is 1. The van der Waals surface area contributed by atoms with Crippen molar-refractivity contribution in [3.8, 4) is 0 Å². The Morgan fingerprint density at radius 1 is 1.12 bits per heavy atom. The number of hydrogen-bond acceptors (Lipinski definition) is 7. The highest BCUT2D eigenvalue weighted by Gasteiger charge is 2.38. The first-order chi connectivity index (χ1) is 19.8. The lowest BCUT2D eigenvalue weighted by molar-refractivity contribution is -0.149. The first-order valence-corrected chi connectivity index (χ1v) is 14.2. The second-order valence-corrected chi connectivity index (χ2v) is 11.9. The molecule has 0 saturated carbocycles. The van der Waals surface area contributed by atoms with Crippen molar-refractivity contribution in [2.24, 2.45) is 11.8 Å². The smallest absolute Gasteiger partial charge is 0.310 e. The van der Waals surface area contributed by atoms with E-state index in [4.69, 9.17) is 14.2 Å². The molecule has 2 atom stereocenters. The minimum Gasteiger partial charge on any atom is -0.469 e. The zero-order valence-corrected chi connectivity index (χ0v) is 26.1. The Bertz CT molecular complexity index is 1200. The molecule has 2 heterocycles. The van der Waals surface area contributed by atoms with Crippen molar-refractivity contribution < 1.29 is 37.4 Å². The molecule has 0 spiro atoms. The summed E-state index contributed by atoms with van der Waals surface area (Å²) in [6.07, 6.45) is 2.33. The van der Waals surface area contributed by atoms with Crippen LogP contribution in [0.1, 0.15) is 64.5 Å². The summed E-state index contributed by atoms with van der Waals surface area (Å²) in [5.41, 5.74) is 0.545. The average Bonchev–Trinajstić information content (AvgIpc) is 3.29. The van der Waals surface area contributed by atoms with E-state index in [1.54, 1.807) is 23.7 Å². The van der Waals surface area contributed by atoms with Crippen LogP contribution >= 0.6 is 0 Å². The molecule has 12 heteroatoms. The Kier molecular flexibility index (Phi) is 13.3. The highest BCUT2D eigenvalue weighted by Crippen LogP contribution is 2.26. The number of aryl methyl sites for hydroxylation is 1. The van der Waals surface area contributed by atoms with Crippen molar-refractivity contribution >= 4 is 29.3 Å². The highest BCUT2D eigenvalue weighted by atomic mass is 19.2. The van der Waals surface area contributed by atoms with Gasteiger partial charge in [-0.25, -0.2) is 13.8 Å². The van der Waals surface area contributed by atoms with Gasteiger partial charge in [0.2, 0.25) is 6.41 Å². The van der Waals surface area contributed by atoms with Crippen LogP contribution in [0.2, 0.25) is 0 Å². The van der Waals surface area contributed by atoms with Crippen molar-refractivity contribution in [2.75, 3.05) is 47.6 Å². The summed E-state index contributed by atoms with van der Waals surface area (Å²) in [5, 5.41) is 0. The minimum atomic E-state index is -1.04. The van der Waals surface area contributed by atoms with Crippen molar-refractivity contribution in [2.45, 2.75) is 72.1 Å². The predicted molar refractivity (Wildman–Crippen MR) is 155 cm³/mol. The van der Waals surface area contributed by atoms with Crippen molar-refractivity contribution in [3.63, 3.8) is 0 Å². The topological polar surface area (TPSA) is 103 Å². The third-order valence-electron chi connectivity index (χ3n) is 6.98. The monoisotopic (exact) mass is 596 g/mol. The Morgan fingerprint density at radius 3 is 2.31 bits per heavy atom. The molecule has 10 nitrogen and oxygen atoms in total. The fourth-order valence-electron chi connectivity index (χ4n) is 4.70. The zero-order chi connectivity index (χ0) is 31.6. The molecule has 2 amide bonds. The van der Waals surface area contributed by atoms with E-state index in [0.29, 0.717) is 50.9 Å². The van der Waals surface area contributed by atoms with Crippen molar-refractivity contribution in [1.82, 2.24) is 19.4 Å². The minimum absolute atomic E-state index is 0.0417. The number of aromatic nitrogens is 2. The molecule has 1 aromatic carbocycles. The van der Waals surface area contributed by atoms with Crippen LogP contribution in [0.4, 0.5) is 8.78 Å². The van der Waals surface area contributed by atoms with Crippen LogP contribution in [0, 0.1) is 23.5 Å². The van der Waals surface area contributed by atoms with Gasteiger partial charge in [-0.3, -0.25) is 14.4 Å². The summed E-state index contributed by atoms with van der Waals surface area (Å²) < 4.78 is 44.7. The van der Waals surface area contributed by atoms with Crippen molar-refractivity contribution in [3.05, 3.63) is 29.6 Å². The van der Waals surface area contributed by atoms with E-state index in [0.717, 1.165) is 12.1 Å². The number of carbonyl (C=O) groups is 3. The molecule has 0 bridgehead atoms. The number of methoxy groups -OCH3 is 3. The summed E-state index contributed by atoms with van der Waals surface area (Å²) in [5.74, 6) is -3.36.